The van der Waals surface area contributed by atoms with Crippen LogP contribution >= 0.6 is 0 Å². The van der Waals surface area contributed by atoms with Crippen LogP contribution in [0.4, 0.5) is 11.4 Å². The number of anilines is 1. The molecule has 3 rings (SSSR count). The molecule has 7 nitrogen and oxygen atoms in total. The van der Waals surface area contributed by atoms with Crippen molar-refractivity contribution in [3.8, 4) is 0 Å². The third kappa shape index (κ3) is 3.09. The van der Waals surface area contributed by atoms with Crippen LogP contribution in [0.25, 0.3) is 0 Å². The van der Waals surface area contributed by atoms with Crippen molar-refractivity contribution >= 4 is 17.3 Å². The molecule has 1 amide bonds. The highest BCUT2D eigenvalue weighted by Gasteiger charge is 2.35. The average Bonchev–Trinajstić information content (AvgIpc) is 3.17. The number of furan rings is 1. The molecule has 1 saturated heterocycles. The first-order valence-electron chi connectivity index (χ1n) is 7.34. The fourth-order valence-electron chi connectivity index (χ4n) is 2.86. The van der Waals surface area contributed by atoms with Gasteiger partial charge in [0.15, 0.2) is 0 Å². The van der Waals surface area contributed by atoms with Crippen molar-refractivity contribution in [3.63, 3.8) is 0 Å². The summed E-state index contributed by atoms with van der Waals surface area (Å²) < 4.78 is 5.31. The minimum absolute atomic E-state index is 0.0114. The molecule has 1 aliphatic heterocycles. The van der Waals surface area contributed by atoms with E-state index in [0.29, 0.717) is 25.2 Å². The van der Waals surface area contributed by atoms with Gasteiger partial charge in [-0.25, -0.2) is 0 Å². The molecule has 1 aliphatic rings. The Labute approximate surface area is 133 Å². The Hall–Kier alpha value is -2.67. The number of amides is 1. The number of hydrogen-bond donors (Lipinski definition) is 0. The second kappa shape index (κ2) is 6.21. The third-order valence-electron chi connectivity index (χ3n) is 4.05. The summed E-state index contributed by atoms with van der Waals surface area (Å²) in [4.78, 5) is 26.6. The summed E-state index contributed by atoms with van der Waals surface area (Å²) >= 11 is 0. The minimum atomic E-state index is -0.454. The highest BCUT2D eigenvalue weighted by atomic mass is 16.6. The van der Waals surface area contributed by atoms with Gasteiger partial charge in [-0.05, 0) is 31.7 Å². The molecule has 2 heterocycles. The molecule has 7 heteroatoms. The molecule has 1 atom stereocenters. The van der Waals surface area contributed by atoms with Crippen molar-refractivity contribution in [1.29, 1.82) is 0 Å². The Morgan fingerprint density at radius 3 is 2.91 bits per heavy atom. The van der Waals surface area contributed by atoms with Gasteiger partial charge in [0.25, 0.3) is 5.69 Å². The number of hydrogen-bond acceptors (Lipinski definition) is 5. The lowest BCUT2D eigenvalue weighted by Crippen LogP contribution is -2.39. The van der Waals surface area contributed by atoms with Crippen LogP contribution in [0, 0.1) is 10.1 Å². The summed E-state index contributed by atoms with van der Waals surface area (Å²) in [6, 6.07) is 9.61. The van der Waals surface area contributed by atoms with E-state index >= 15 is 0 Å². The van der Waals surface area contributed by atoms with E-state index in [-0.39, 0.29) is 17.6 Å². The van der Waals surface area contributed by atoms with E-state index in [1.54, 1.807) is 23.3 Å². The third-order valence-corrected chi connectivity index (χ3v) is 4.05. The zero-order valence-electron chi connectivity index (χ0n) is 12.7. The molecule has 1 aromatic carbocycles. The van der Waals surface area contributed by atoms with Crippen LogP contribution in [0.5, 0.6) is 0 Å². The Morgan fingerprint density at radius 1 is 1.39 bits per heavy atom. The highest BCUT2D eigenvalue weighted by molar-refractivity contribution is 5.99. The molecule has 1 aromatic heterocycles. The summed E-state index contributed by atoms with van der Waals surface area (Å²) in [6.07, 6.45) is 2.29. The summed E-state index contributed by atoms with van der Waals surface area (Å²) in [5, 5.41) is 10.9. The molecule has 0 spiro atoms. The largest absolute Gasteiger partial charge is 0.468 e. The van der Waals surface area contributed by atoms with E-state index in [1.165, 1.54) is 12.1 Å². The van der Waals surface area contributed by atoms with Crippen LogP contribution in [0.1, 0.15) is 12.2 Å². The van der Waals surface area contributed by atoms with Gasteiger partial charge in [0.05, 0.1) is 29.5 Å². The number of likely N-dealkylation sites (N-methyl/N-ethyl adjacent to an activating group) is 1. The lowest BCUT2D eigenvalue weighted by atomic mass is 10.2. The molecule has 1 fully saturated rings. The first-order chi connectivity index (χ1) is 11.1. The fourth-order valence-corrected chi connectivity index (χ4v) is 2.86. The van der Waals surface area contributed by atoms with Gasteiger partial charge in [-0.3, -0.25) is 19.8 Å². The Morgan fingerprint density at radius 2 is 2.22 bits per heavy atom. The Kier molecular flexibility index (Phi) is 4.12. The maximum atomic E-state index is 12.6. The van der Waals surface area contributed by atoms with Crippen molar-refractivity contribution in [2.75, 3.05) is 18.5 Å². The van der Waals surface area contributed by atoms with Gasteiger partial charge in [-0.1, -0.05) is 6.07 Å². The van der Waals surface area contributed by atoms with Crippen LogP contribution in [0.2, 0.25) is 0 Å². The molecule has 2 aromatic rings. The van der Waals surface area contributed by atoms with Gasteiger partial charge in [0, 0.05) is 18.7 Å². The maximum Gasteiger partial charge on any atom is 0.271 e. The zero-order valence-corrected chi connectivity index (χ0v) is 12.7. The van der Waals surface area contributed by atoms with Crippen LogP contribution in [0.3, 0.4) is 0 Å². The first kappa shape index (κ1) is 15.2. The number of carbonyl (C=O) groups excluding carboxylic acids is 1. The lowest BCUT2D eigenvalue weighted by molar-refractivity contribution is -0.384. The highest BCUT2D eigenvalue weighted by Crippen LogP contribution is 2.27. The van der Waals surface area contributed by atoms with Crippen molar-refractivity contribution in [2.24, 2.45) is 0 Å². The van der Waals surface area contributed by atoms with Crippen LogP contribution in [-0.4, -0.2) is 35.4 Å². The quantitative estimate of drug-likeness (QED) is 0.625. The van der Waals surface area contributed by atoms with Gasteiger partial charge in [-0.2, -0.15) is 0 Å². The molecule has 0 saturated carbocycles. The van der Waals surface area contributed by atoms with Crippen molar-refractivity contribution < 1.29 is 14.1 Å². The number of nitro benzene ring substituents is 1. The monoisotopic (exact) mass is 315 g/mol. The van der Waals surface area contributed by atoms with Gasteiger partial charge in [-0.15, -0.1) is 0 Å². The van der Waals surface area contributed by atoms with E-state index in [1.807, 2.05) is 24.1 Å². The van der Waals surface area contributed by atoms with Crippen LogP contribution in [0.15, 0.2) is 47.1 Å². The standard InChI is InChI=1S/C16H17N3O4/c1-17(11-14-6-3-9-23-14)15-7-8-18(16(15)20)12-4-2-5-13(10-12)19(21)22/h2-6,9-10,15H,7-8,11H2,1H3/t15-/m1/s1. The van der Waals surface area contributed by atoms with E-state index < -0.39 is 4.92 Å². The number of carbonyl (C=O) groups is 1. The molecule has 0 bridgehead atoms. The lowest BCUT2D eigenvalue weighted by Gasteiger charge is -2.22. The van der Waals surface area contributed by atoms with Gasteiger partial charge in [0.1, 0.15) is 5.76 Å². The van der Waals surface area contributed by atoms with Gasteiger partial charge >= 0.3 is 0 Å². The first-order valence-corrected chi connectivity index (χ1v) is 7.34. The molecule has 0 unspecified atom stereocenters. The molecule has 0 N–H and O–H groups in total. The number of non-ortho nitro benzene ring substituents is 1. The van der Waals surface area contributed by atoms with E-state index in [0.717, 1.165) is 5.76 Å². The predicted octanol–water partition coefficient (Wildman–Crippen LogP) is 2.43. The second-order valence-corrected chi connectivity index (χ2v) is 5.57. The molecule has 23 heavy (non-hydrogen) atoms. The topological polar surface area (TPSA) is 79.8 Å². The predicted molar refractivity (Wildman–Crippen MR) is 84.0 cm³/mol. The number of benzene rings is 1. The van der Waals surface area contributed by atoms with E-state index in [9.17, 15) is 14.9 Å². The number of nitro groups is 1. The van der Waals surface area contributed by atoms with Gasteiger partial charge in [0.2, 0.25) is 5.91 Å². The molecule has 0 radical (unpaired) electrons. The average molecular weight is 315 g/mol. The zero-order chi connectivity index (χ0) is 16.4. The van der Waals surface area contributed by atoms with Crippen molar-refractivity contribution in [2.45, 2.75) is 19.0 Å². The normalized spacial score (nSPS) is 17.9. The van der Waals surface area contributed by atoms with E-state index in [2.05, 4.69) is 0 Å². The summed E-state index contributed by atoms with van der Waals surface area (Å²) in [5.41, 5.74) is 0.556. The molecular weight excluding hydrogens is 298 g/mol. The van der Waals surface area contributed by atoms with Gasteiger partial charge < -0.3 is 9.32 Å². The SMILES string of the molecule is CN(Cc1ccco1)[C@@H]1CCN(c2cccc([N+](=O)[O-])c2)C1=O. The fraction of sp³-hybridized carbons (Fsp3) is 0.312. The maximum absolute atomic E-state index is 12.6. The Bertz CT molecular complexity index is 714. The summed E-state index contributed by atoms with van der Waals surface area (Å²) in [6.45, 7) is 1.10. The Balaban J connectivity index is 1.73. The van der Waals surface area contributed by atoms with E-state index in [4.69, 9.17) is 4.42 Å². The van der Waals surface area contributed by atoms with Crippen molar-refractivity contribution in [3.05, 3.63) is 58.5 Å². The summed E-state index contributed by atoms with van der Waals surface area (Å²) in [5.74, 6) is 0.758. The van der Waals surface area contributed by atoms with Crippen LogP contribution < -0.4 is 4.90 Å². The second-order valence-electron chi connectivity index (χ2n) is 5.57. The molecular formula is C16H17N3O4. The molecule has 0 aliphatic carbocycles. The number of nitrogens with zero attached hydrogens (tertiary/aromatic N) is 3. The molecule has 120 valence electrons. The van der Waals surface area contributed by atoms with Crippen LogP contribution in [-0.2, 0) is 11.3 Å². The van der Waals surface area contributed by atoms with Crippen molar-refractivity contribution in [1.82, 2.24) is 4.90 Å². The number of rotatable bonds is 5. The summed E-state index contributed by atoms with van der Waals surface area (Å²) in [7, 11) is 1.88. The smallest absolute Gasteiger partial charge is 0.271 e. The minimum Gasteiger partial charge on any atom is -0.468 e.